The zero-order valence-corrected chi connectivity index (χ0v) is 12.2. The molecule has 0 bridgehead atoms. The second-order valence-electron chi connectivity index (χ2n) is 4.62. The summed E-state index contributed by atoms with van der Waals surface area (Å²) in [7, 11) is 0. The van der Waals surface area contributed by atoms with Crippen molar-refractivity contribution in [2.45, 2.75) is 46.1 Å². The van der Waals surface area contributed by atoms with Crippen LogP contribution in [-0.2, 0) is 11.3 Å². The van der Waals surface area contributed by atoms with Crippen LogP contribution < -0.4 is 5.73 Å². The molecule has 100 valence electrons. The van der Waals surface area contributed by atoms with Crippen molar-refractivity contribution in [3.05, 3.63) is 34.9 Å². The number of rotatable bonds is 8. The molecule has 0 saturated heterocycles. The van der Waals surface area contributed by atoms with Crippen LogP contribution in [0.1, 0.15) is 49.3 Å². The van der Waals surface area contributed by atoms with Crippen LogP contribution >= 0.6 is 12.2 Å². The Hall–Kier alpha value is -0.930. The second kappa shape index (κ2) is 8.22. The maximum atomic E-state index is 5.68. The summed E-state index contributed by atoms with van der Waals surface area (Å²) in [5.74, 6) is 0. The molecule has 1 aromatic rings. The van der Waals surface area contributed by atoms with E-state index in [-0.39, 0.29) is 0 Å². The Morgan fingerprint density at radius 1 is 1.28 bits per heavy atom. The molecule has 0 saturated carbocycles. The quantitative estimate of drug-likeness (QED) is 0.574. The predicted molar refractivity (Wildman–Crippen MR) is 80.9 cm³/mol. The Kier molecular flexibility index (Phi) is 6.91. The van der Waals surface area contributed by atoms with Gasteiger partial charge < -0.3 is 10.5 Å². The molecule has 0 unspecified atom stereocenters. The Labute approximate surface area is 116 Å². The third-order valence-corrected chi connectivity index (χ3v) is 3.26. The highest BCUT2D eigenvalue weighted by molar-refractivity contribution is 7.80. The van der Waals surface area contributed by atoms with Gasteiger partial charge in [-0.3, -0.25) is 0 Å². The maximum Gasteiger partial charge on any atom is 0.103 e. The molecule has 0 amide bonds. The van der Waals surface area contributed by atoms with Crippen molar-refractivity contribution in [1.29, 1.82) is 0 Å². The fraction of sp³-hybridized carbons (Fsp3) is 0.533. The first-order valence-electron chi connectivity index (χ1n) is 6.62. The molecule has 0 fully saturated rings. The van der Waals surface area contributed by atoms with Crippen molar-refractivity contribution in [2.24, 2.45) is 5.73 Å². The van der Waals surface area contributed by atoms with Gasteiger partial charge in [-0.05, 0) is 30.5 Å². The summed E-state index contributed by atoms with van der Waals surface area (Å²) in [5.41, 5.74) is 8.93. The second-order valence-corrected chi connectivity index (χ2v) is 5.06. The monoisotopic (exact) mass is 265 g/mol. The first kappa shape index (κ1) is 15.1. The lowest BCUT2D eigenvalue weighted by molar-refractivity contribution is 0.116. The molecule has 0 aromatic heterocycles. The first-order valence-corrected chi connectivity index (χ1v) is 7.03. The van der Waals surface area contributed by atoms with E-state index in [2.05, 4.69) is 19.9 Å². The molecule has 0 radical (unpaired) electrons. The summed E-state index contributed by atoms with van der Waals surface area (Å²) in [5, 5.41) is 0. The number of benzene rings is 1. The largest absolute Gasteiger partial charge is 0.389 e. The van der Waals surface area contributed by atoms with Crippen molar-refractivity contribution >= 4 is 17.2 Å². The molecule has 2 nitrogen and oxygen atoms in total. The van der Waals surface area contributed by atoms with E-state index in [1.807, 2.05) is 12.1 Å². The van der Waals surface area contributed by atoms with Crippen molar-refractivity contribution in [3.8, 4) is 0 Å². The minimum atomic E-state index is 0.449. The summed E-state index contributed by atoms with van der Waals surface area (Å²) >= 11 is 4.96. The van der Waals surface area contributed by atoms with Gasteiger partial charge >= 0.3 is 0 Å². The first-order chi connectivity index (χ1) is 8.65. The average Bonchev–Trinajstić information content (AvgIpc) is 2.35. The molecule has 2 N–H and O–H groups in total. The number of ether oxygens (including phenoxy) is 1. The normalized spacial score (nSPS) is 10.6. The van der Waals surface area contributed by atoms with Gasteiger partial charge in [-0.1, -0.05) is 50.5 Å². The summed E-state index contributed by atoms with van der Waals surface area (Å²) in [6, 6.07) is 6.04. The molecule has 1 aromatic carbocycles. The van der Waals surface area contributed by atoms with Crippen LogP contribution in [0.5, 0.6) is 0 Å². The number of unbranched alkanes of at least 4 members (excludes halogenated alkanes) is 3. The molecule has 0 spiro atoms. The van der Waals surface area contributed by atoms with Crippen LogP contribution in [0.4, 0.5) is 0 Å². The Morgan fingerprint density at radius 3 is 2.67 bits per heavy atom. The van der Waals surface area contributed by atoms with E-state index in [0.717, 1.165) is 18.6 Å². The van der Waals surface area contributed by atoms with Crippen LogP contribution in [0, 0.1) is 6.92 Å². The van der Waals surface area contributed by atoms with Gasteiger partial charge in [0.05, 0.1) is 6.61 Å². The number of hydrogen-bond donors (Lipinski definition) is 1. The average molecular weight is 265 g/mol. The van der Waals surface area contributed by atoms with E-state index in [9.17, 15) is 0 Å². The Balaban J connectivity index is 2.36. The van der Waals surface area contributed by atoms with E-state index >= 15 is 0 Å². The number of aryl methyl sites for hydroxylation is 1. The summed E-state index contributed by atoms with van der Waals surface area (Å²) in [6.45, 7) is 5.80. The Morgan fingerprint density at radius 2 is 2.06 bits per heavy atom. The van der Waals surface area contributed by atoms with Gasteiger partial charge in [0.15, 0.2) is 0 Å². The van der Waals surface area contributed by atoms with Crippen molar-refractivity contribution in [3.63, 3.8) is 0 Å². The van der Waals surface area contributed by atoms with E-state index < -0.39 is 0 Å². The predicted octanol–water partition coefficient (Wildman–Crippen LogP) is 3.73. The number of hydrogen-bond acceptors (Lipinski definition) is 2. The number of thiocarbonyl (C=S) groups is 1. The smallest absolute Gasteiger partial charge is 0.103 e. The van der Waals surface area contributed by atoms with Gasteiger partial charge in [0, 0.05) is 12.2 Å². The molecule has 1 rings (SSSR count). The maximum absolute atomic E-state index is 5.68. The van der Waals surface area contributed by atoms with Crippen LogP contribution in [0.25, 0.3) is 0 Å². The zero-order chi connectivity index (χ0) is 13.4. The SMILES string of the molecule is CCCCCCOCc1ccc(C(N)=S)cc1C. The summed E-state index contributed by atoms with van der Waals surface area (Å²) in [6.07, 6.45) is 4.97. The standard InChI is InChI=1S/C15H23NOS/c1-3-4-5-6-9-17-11-14-8-7-13(15(16)18)10-12(14)2/h7-8,10H,3-6,9,11H2,1-2H3,(H2,16,18). The van der Waals surface area contributed by atoms with E-state index in [1.54, 1.807) is 0 Å². The van der Waals surface area contributed by atoms with Gasteiger partial charge in [-0.15, -0.1) is 0 Å². The van der Waals surface area contributed by atoms with Gasteiger partial charge in [0.25, 0.3) is 0 Å². The third-order valence-electron chi connectivity index (χ3n) is 3.03. The van der Waals surface area contributed by atoms with E-state index in [4.69, 9.17) is 22.7 Å². The molecule has 0 aliphatic rings. The van der Waals surface area contributed by atoms with Gasteiger partial charge in [0.1, 0.15) is 4.99 Å². The molecule has 18 heavy (non-hydrogen) atoms. The molecular weight excluding hydrogens is 242 g/mol. The van der Waals surface area contributed by atoms with E-state index in [1.165, 1.54) is 30.4 Å². The molecule has 0 heterocycles. The minimum Gasteiger partial charge on any atom is -0.389 e. The van der Waals surface area contributed by atoms with Gasteiger partial charge in [-0.2, -0.15) is 0 Å². The van der Waals surface area contributed by atoms with Crippen LogP contribution in [-0.4, -0.2) is 11.6 Å². The van der Waals surface area contributed by atoms with Crippen molar-refractivity contribution in [1.82, 2.24) is 0 Å². The zero-order valence-electron chi connectivity index (χ0n) is 11.4. The fourth-order valence-corrected chi connectivity index (χ4v) is 1.95. The van der Waals surface area contributed by atoms with Gasteiger partial charge in [0.2, 0.25) is 0 Å². The van der Waals surface area contributed by atoms with Crippen molar-refractivity contribution < 1.29 is 4.74 Å². The van der Waals surface area contributed by atoms with Crippen LogP contribution in [0.15, 0.2) is 18.2 Å². The highest BCUT2D eigenvalue weighted by atomic mass is 32.1. The summed E-state index contributed by atoms with van der Waals surface area (Å²) < 4.78 is 5.68. The highest BCUT2D eigenvalue weighted by Crippen LogP contribution is 2.12. The molecule has 3 heteroatoms. The van der Waals surface area contributed by atoms with Crippen molar-refractivity contribution in [2.75, 3.05) is 6.61 Å². The van der Waals surface area contributed by atoms with E-state index in [0.29, 0.717) is 11.6 Å². The number of nitrogens with two attached hydrogens (primary N) is 1. The lowest BCUT2D eigenvalue weighted by Crippen LogP contribution is -2.10. The third kappa shape index (κ3) is 5.15. The lowest BCUT2D eigenvalue weighted by Gasteiger charge is -2.09. The van der Waals surface area contributed by atoms with Crippen LogP contribution in [0.3, 0.4) is 0 Å². The minimum absolute atomic E-state index is 0.449. The fourth-order valence-electron chi connectivity index (χ4n) is 1.82. The molecule has 0 aliphatic carbocycles. The lowest BCUT2D eigenvalue weighted by atomic mass is 10.1. The Bertz CT molecular complexity index is 390. The van der Waals surface area contributed by atoms with Crippen LogP contribution in [0.2, 0.25) is 0 Å². The molecular formula is C15H23NOS. The summed E-state index contributed by atoms with van der Waals surface area (Å²) in [4.78, 5) is 0.449. The topological polar surface area (TPSA) is 35.2 Å². The molecule has 0 aliphatic heterocycles. The highest BCUT2D eigenvalue weighted by Gasteiger charge is 2.02. The molecule has 0 atom stereocenters. The van der Waals surface area contributed by atoms with Gasteiger partial charge in [-0.25, -0.2) is 0 Å².